The van der Waals surface area contributed by atoms with Crippen LogP contribution in [0.5, 0.6) is 5.75 Å². The maximum Gasteiger partial charge on any atom is 0.339 e. The molecule has 4 aromatic rings. The first-order valence-electron chi connectivity index (χ1n) is 9.41. The molecule has 31 heavy (non-hydrogen) atoms. The van der Waals surface area contributed by atoms with E-state index in [-0.39, 0.29) is 10.6 Å². The Kier molecular flexibility index (Phi) is 6.11. The van der Waals surface area contributed by atoms with Gasteiger partial charge in [0.15, 0.2) is 0 Å². The van der Waals surface area contributed by atoms with Crippen LogP contribution >= 0.6 is 11.3 Å². The Labute approximate surface area is 185 Å². The van der Waals surface area contributed by atoms with Crippen LogP contribution in [0.25, 0.3) is 11.3 Å². The molecule has 0 bridgehead atoms. The maximum atomic E-state index is 12.5. The number of benzene rings is 3. The molecule has 1 N–H and O–H groups in total. The predicted octanol–water partition coefficient (Wildman–Crippen LogP) is 5.33. The van der Waals surface area contributed by atoms with E-state index in [4.69, 9.17) is 4.18 Å². The first kappa shape index (κ1) is 20.8. The second-order valence-electron chi connectivity index (χ2n) is 6.70. The number of anilines is 1. The summed E-state index contributed by atoms with van der Waals surface area (Å²) < 4.78 is 30.2. The molecule has 0 atom stereocenters. The molecular weight excluding hydrogens is 430 g/mol. The molecule has 0 aliphatic heterocycles. The van der Waals surface area contributed by atoms with E-state index in [1.54, 1.807) is 42.6 Å². The third-order valence-corrected chi connectivity index (χ3v) is 6.33. The van der Waals surface area contributed by atoms with Crippen molar-refractivity contribution in [1.29, 1.82) is 0 Å². The Balaban J connectivity index is 1.42. The van der Waals surface area contributed by atoms with Gasteiger partial charge < -0.3 is 4.18 Å². The quantitative estimate of drug-likeness (QED) is 0.234. The smallest absolute Gasteiger partial charge is 0.339 e. The lowest BCUT2D eigenvalue weighted by molar-refractivity contribution is 0.486. The zero-order chi connectivity index (χ0) is 21.7. The van der Waals surface area contributed by atoms with Gasteiger partial charge in [-0.15, -0.1) is 11.3 Å². The van der Waals surface area contributed by atoms with E-state index in [1.807, 2.05) is 42.6 Å². The Bertz CT molecular complexity index is 1300. The van der Waals surface area contributed by atoms with E-state index in [9.17, 15) is 8.42 Å². The highest BCUT2D eigenvalue weighted by Gasteiger charge is 2.16. The van der Waals surface area contributed by atoms with Gasteiger partial charge in [-0.25, -0.2) is 4.98 Å². The number of hydrogen-bond donors (Lipinski definition) is 1. The topological polar surface area (TPSA) is 80.7 Å². The highest BCUT2D eigenvalue weighted by molar-refractivity contribution is 7.87. The molecule has 0 aliphatic carbocycles. The van der Waals surface area contributed by atoms with Gasteiger partial charge in [0.2, 0.25) is 5.13 Å². The number of aryl methyl sites for hydroxylation is 1. The largest absolute Gasteiger partial charge is 0.379 e. The van der Waals surface area contributed by atoms with Crippen LogP contribution in [-0.4, -0.2) is 19.6 Å². The minimum atomic E-state index is -3.90. The summed E-state index contributed by atoms with van der Waals surface area (Å²) in [6.45, 7) is 1.89. The van der Waals surface area contributed by atoms with Gasteiger partial charge in [0, 0.05) is 10.9 Å². The van der Waals surface area contributed by atoms with E-state index in [0.717, 1.165) is 16.8 Å². The van der Waals surface area contributed by atoms with Crippen molar-refractivity contribution in [3.05, 3.63) is 95.4 Å². The van der Waals surface area contributed by atoms with Gasteiger partial charge in [0.05, 0.1) is 11.9 Å². The fraction of sp³-hybridized carbons (Fsp3) is 0.0435. The van der Waals surface area contributed by atoms with Crippen molar-refractivity contribution >= 4 is 32.8 Å². The molecule has 0 saturated carbocycles. The van der Waals surface area contributed by atoms with E-state index in [1.165, 1.54) is 23.5 Å². The number of nitrogens with zero attached hydrogens (tertiary/aromatic N) is 2. The Morgan fingerprint density at radius 1 is 1.00 bits per heavy atom. The lowest BCUT2D eigenvalue weighted by atomic mass is 10.2. The van der Waals surface area contributed by atoms with Crippen LogP contribution in [0.3, 0.4) is 0 Å². The molecule has 0 fully saturated rings. The summed E-state index contributed by atoms with van der Waals surface area (Å²) in [5.74, 6) is 0.213. The van der Waals surface area contributed by atoms with Crippen molar-refractivity contribution in [2.24, 2.45) is 5.10 Å². The fourth-order valence-corrected chi connectivity index (χ4v) is 4.35. The van der Waals surface area contributed by atoms with Gasteiger partial charge in [-0.3, -0.25) is 5.43 Å². The zero-order valence-corrected chi connectivity index (χ0v) is 18.2. The molecule has 1 heterocycles. The van der Waals surface area contributed by atoms with Crippen molar-refractivity contribution in [3.8, 4) is 17.0 Å². The van der Waals surface area contributed by atoms with E-state index < -0.39 is 10.1 Å². The van der Waals surface area contributed by atoms with E-state index >= 15 is 0 Å². The first-order valence-corrected chi connectivity index (χ1v) is 11.7. The molecule has 0 saturated heterocycles. The van der Waals surface area contributed by atoms with Crippen molar-refractivity contribution in [3.63, 3.8) is 0 Å². The molecule has 1 aromatic heterocycles. The van der Waals surface area contributed by atoms with Gasteiger partial charge in [0.25, 0.3) is 0 Å². The minimum absolute atomic E-state index is 0.108. The van der Waals surface area contributed by atoms with Crippen molar-refractivity contribution in [2.45, 2.75) is 11.8 Å². The molecule has 8 heteroatoms. The summed E-state index contributed by atoms with van der Waals surface area (Å²) in [6, 6.07) is 23.1. The second kappa shape index (κ2) is 9.11. The summed E-state index contributed by atoms with van der Waals surface area (Å²) in [6.07, 6.45) is 1.58. The molecule has 156 valence electrons. The summed E-state index contributed by atoms with van der Waals surface area (Å²) in [5, 5.41) is 6.81. The molecule has 4 rings (SSSR count). The molecule has 6 nitrogen and oxygen atoms in total. The lowest BCUT2D eigenvalue weighted by Gasteiger charge is -2.07. The second-order valence-corrected chi connectivity index (χ2v) is 9.10. The summed E-state index contributed by atoms with van der Waals surface area (Å²) in [7, 11) is -3.90. The van der Waals surface area contributed by atoms with Gasteiger partial charge in [-0.05, 0) is 36.8 Å². The molecular formula is C23H19N3O3S2. The number of rotatable bonds is 7. The Morgan fingerprint density at radius 2 is 1.77 bits per heavy atom. The van der Waals surface area contributed by atoms with Gasteiger partial charge in [-0.2, -0.15) is 13.5 Å². The third-order valence-electron chi connectivity index (χ3n) is 4.32. The van der Waals surface area contributed by atoms with Crippen molar-refractivity contribution in [2.75, 3.05) is 5.43 Å². The highest BCUT2D eigenvalue weighted by atomic mass is 32.2. The van der Waals surface area contributed by atoms with Crippen LogP contribution in [-0.2, 0) is 10.1 Å². The average molecular weight is 450 g/mol. The number of hydrazone groups is 1. The molecule has 0 unspecified atom stereocenters. The summed E-state index contributed by atoms with van der Waals surface area (Å²) in [4.78, 5) is 4.62. The fourth-order valence-electron chi connectivity index (χ4n) is 2.76. The molecule has 0 aliphatic rings. The average Bonchev–Trinajstić information content (AvgIpc) is 3.24. The molecule has 0 amide bonds. The monoisotopic (exact) mass is 449 g/mol. The first-order chi connectivity index (χ1) is 15.0. The Morgan fingerprint density at radius 3 is 2.55 bits per heavy atom. The van der Waals surface area contributed by atoms with E-state index in [2.05, 4.69) is 15.5 Å². The van der Waals surface area contributed by atoms with Crippen LogP contribution in [0, 0.1) is 6.92 Å². The van der Waals surface area contributed by atoms with Crippen LogP contribution in [0.4, 0.5) is 5.13 Å². The van der Waals surface area contributed by atoms with Crippen LogP contribution < -0.4 is 9.61 Å². The van der Waals surface area contributed by atoms with Crippen molar-refractivity contribution < 1.29 is 12.6 Å². The Hall–Kier alpha value is -3.49. The van der Waals surface area contributed by atoms with Crippen LogP contribution in [0.1, 0.15) is 11.1 Å². The van der Waals surface area contributed by atoms with Crippen LogP contribution in [0.2, 0.25) is 0 Å². The van der Waals surface area contributed by atoms with E-state index in [0.29, 0.717) is 10.7 Å². The predicted molar refractivity (Wildman–Crippen MR) is 124 cm³/mol. The molecule has 0 spiro atoms. The molecule has 3 aromatic carbocycles. The number of nitrogens with one attached hydrogen (secondary N) is 1. The number of thiazole rings is 1. The van der Waals surface area contributed by atoms with Gasteiger partial charge in [-0.1, -0.05) is 60.2 Å². The van der Waals surface area contributed by atoms with Gasteiger partial charge in [0.1, 0.15) is 10.6 Å². The minimum Gasteiger partial charge on any atom is -0.379 e. The summed E-state index contributed by atoms with van der Waals surface area (Å²) >= 11 is 1.45. The summed E-state index contributed by atoms with van der Waals surface area (Å²) in [5.41, 5.74) is 6.47. The number of aromatic nitrogens is 1. The number of hydrogen-bond acceptors (Lipinski definition) is 7. The molecule has 0 radical (unpaired) electrons. The maximum absolute atomic E-state index is 12.5. The standard InChI is InChI=1S/C23H19N3O3S2/c1-17-10-12-21(13-11-17)31(27,28)29-20-9-5-6-18(14-20)15-24-26-23-25-22(16-30-23)19-7-3-2-4-8-19/h2-16H,1H3,(H,25,26)/b24-15-. The van der Waals surface area contributed by atoms with Crippen molar-refractivity contribution in [1.82, 2.24) is 4.98 Å². The zero-order valence-electron chi connectivity index (χ0n) is 16.6. The third kappa shape index (κ3) is 5.36. The van der Waals surface area contributed by atoms with Crippen LogP contribution in [0.15, 0.2) is 94.2 Å². The SMILES string of the molecule is Cc1ccc(S(=O)(=O)Oc2cccc(/C=N\Nc3nc(-c4ccccc4)cs3)c2)cc1. The van der Waals surface area contributed by atoms with Gasteiger partial charge >= 0.3 is 10.1 Å². The normalized spacial score (nSPS) is 11.5. The lowest BCUT2D eigenvalue weighted by Crippen LogP contribution is -2.09. The highest BCUT2D eigenvalue weighted by Crippen LogP contribution is 2.24.